The van der Waals surface area contributed by atoms with E-state index in [0.717, 1.165) is 23.4 Å². The van der Waals surface area contributed by atoms with Crippen LogP contribution in [0, 0.1) is 18.6 Å². The topological polar surface area (TPSA) is 33.3 Å². The Bertz CT molecular complexity index is 677. The summed E-state index contributed by atoms with van der Waals surface area (Å²) in [7, 11) is 0. The van der Waals surface area contributed by atoms with E-state index in [2.05, 4.69) is 10.6 Å². The third-order valence-electron chi connectivity index (χ3n) is 3.08. The summed E-state index contributed by atoms with van der Waals surface area (Å²) in [6.45, 7) is 4.30. The van der Waals surface area contributed by atoms with E-state index < -0.39 is 11.6 Å². The van der Waals surface area contributed by atoms with E-state index in [0.29, 0.717) is 6.61 Å². The molecule has 2 aromatic rings. The van der Waals surface area contributed by atoms with Crippen LogP contribution >= 0.6 is 12.2 Å². The van der Waals surface area contributed by atoms with Gasteiger partial charge in [0, 0.05) is 6.07 Å². The highest BCUT2D eigenvalue weighted by atomic mass is 32.1. The van der Waals surface area contributed by atoms with Crippen LogP contribution in [0.2, 0.25) is 0 Å². The number of benzene rings is 2. The van der Waals surface area contributed by atoms with Crippen molar-refractivity contribution in [3.63, 3.8) is 0 Å². The molecule has 0 bridgehead atoms. The summed E-state index contributed by atoms with van der Waals surface area (Å²) < 4.78 is 32.0. The average molecular weight is 336 g/mol. The van der Waals surface area contributed by atoms with Crippen LogP contribution in [0.3, 0.4) is 0 Å². The minimum absolute atomic E-state index is 0.0835. The van der Waals surface area contributed by atoms with Crippen LogP contribution in [-0.2, 0) is 0 Å². The molecule has 2 aromatic carbocycles. The maximum absolute atomic E-state index is 13.5. The maximum Gasteiger partial charge on any atom is 0.171 e. The number of rotatable bonds is 5. The Balaban J connectivity index is 1.81. The zero-order valence-electron chi connectivity index (χ0n) is 12.9. The van der Waals surface area contributed by atoms with Crippen molar-refractivity contribution in [2.24, 2.45) is 0 Å². The van der Waals surface area contributed by atoms with Gasteiger partial charge in [-0.1, -0.05) is 17.7 Å². The zero-order chi connectivity index (χ0) is 16.8. The predicted molar refractivity (Wildman–Crippen MR) is 91.9 cm³/mol. The molecule has 6 heteroatoms. The summed E-state index contributed by atoms with van der Waals surface area (Å²) >= 11 is 5.11. The molecule has 0 spiro atoms. The number of hydrogen-bond donors (Lipinski definition) is 2. The van der Waals surface area contributed by atoms with E-state index in [-0.39, 0.29) is 16.8 Å². The fourth-order valence-electron chi connectivity index (χ4n) is 1.87. The van der Waals surface area contributed by atoms with E-state index in [1.807, 2.05) is 38.1 Å². The molecule has 0 heterocycles. The Morgan fingerprint density at radius 3 is 2.52 bits per heavy atom. The number of anilines is 1. The Kier molecular flexibility index (Phi) is 5.87. The van der Waals surface area contributed by atoms with Crippen LogP contribution in [-0.4, -0.2) is 17.8 Å². The van der Waals surface area contributed by atoms with Crippen molar-refractivity contribution in [2.75, 3.05) is 11.9 Å². The molecular weight excluding hydrogens is 318 g/mol. The lowest BCUT2D eigenvalue weighted by Crippen LogP contribution is -2.39. The Labute approximate surface area is 139 Å². The van der Waals surface area contributed by atoms with Gasteiger partial charge in [0.05, 0.1) is 11.7 Å². The van der Waals surface area contributed by atoms with Crippen molar-refractivity contribution in [2.45, 2.75) is 19.9 Å². The summed E-state index contributed by atoms with van der Waals surface area (Å²) in [5.41, 5.74) is 1.28. The molecule has 23 heavy (non-hydrogen) atoms. The highest BCUT2D eigenvalue weighted by Gasteiger charge is 2.08. The summed E-state index contributed by atoms with van der Waals surface area (Å²) in [6, 6.07) is 10.9. The van der Waals surface area contributed by atoms with Crippen molar-refractivity contribution in [1.82, 2.24) is 5.32 Å². The lowest BCUT2D eigenvalue weighted by atomic mass is 10.2. The monoisotopic (exact) mass is 336 g/mol. The quantitative estimate of drug-likeness (QED) is 0.808. The molecule has 0 aliphatic heterocycles. The van der Waals surface area contributed by atoms with Gasteiger partial charge in [-0.25, -0.2) is 8.78 Å². The molecule has 0 saturated carbocycles. The molecule has 0 saturated heterocycles. The van der Waals surface area contributed by atoms with Crippen LogP contribution in [0.5, 0.6) is 5.75 Å². The van der Waals surface area contributed by atoms with Gasteiger partial charge >= 0.3 is 0 Å². The number of aryl methyl sites for hydroxylation is 1. The first-order valence-electron chi connectivity index (χ1n) is 7.16. The molecule has 0 fully saturated rings. The second kappa shape index (κ2) is 7.87. The van der Waals surface area contributed by atoms with Crippen molar-refractivity contribution < 1.29 is 13.5 Å². The van der Waals surface area contributed by atoms with Gasteiger partial charge in [-0.15, -0.1) is 0 Å². The lowest BCUT2D eigenvalue weighted by molar-refractivity contribution is 0.287. The van der Waals surface area contributed by atoms with E-state index in [4.69, 9.17) is 17.0 Å². The van der Waals surface area contributed by atoms with Crippen LogP contribution in [0.1, 0.15) is 12.5 Å². The van der Waals surface area contributed by atoms with Crippen molar-refractivity contribution in [3.8, 4) is 5.75 Å². The number of hydrogen-bond acceptors (Lipinski definition) is 2. The normalized spacial score (nSPS) is 11.7. The molecular formula is C17H18F2N2OS. The lowest BCUT2D eigenvalue weighted by Gasteiger charge is -2.18. The molecule has 0 aliphatic carbocycles. The Hall–Kier alpha value is -2.21. The van der Waals surface area contributed by atoms with Gasteiger partial charge in [0.2, 0.25) is 0 Å². The van der Waals surface area contributed by atoms with Crippen LogP contribution in [0.4, 0.5) is 14.5 Å². The third kappa shape index (κ3) is 5.49. The molecule has 0 radical (unpaired) electrons. The van der Waals surface area contributed by atoms with E-state index in [9.17, 15) is 8.78 Å². The zero-order valence-corrected chi connectivity index (χ0v) is 13.7. The fraction of sp³-hybridized carbons (Fsp3) is 0.235. The van der Waals surface area contributed by atoms with E-state index >= 15 is 0 Å². The first kappa shape index (κ1) is 17.1. The summed E-state index contributed by atoms with van der Waals surface area (Å²) in [5.74, 6) is -0.558. The maximum atomic E-state index is 13.5. The second-order valence-electron chi connectivity index (χ2n) is 5.25. The van der Waals surface area contributed by atoms with E-state index in [1.165, 1.54) is 6.07 Å². The average Bonchev–Trinajstić information content (AvgIpc) is 2.49. The molecule has 122 valence electrons. The van der Waals surface area contributed by atoms with Gasteiger partial charge in [-0.05, 0) is 50.3 Å². The molecule has 2 rings (SSSR count). The molecule has 0 aliphatic rings. The fourth-order valence-corrected chi connectivity index (χ4v) is 2.18. The van der Waals surface area contributed by atoms with Gasteiger partial charge in [-0.3, -0.25) is 0 Å². The third-order valence-corrected chi connectivity index (χ3v) is 3.30. The number of thiocarbonyl (C=S) groups is 1. The standard InChI is InChI=1S/C17H18F2N2OS/c1-11-3-6-14(7-4-11)22-10-12(2)20-17(23)21-16-8-5-13(18)9-15(16)19/h3-9,12H,10H2,1-2H3,(H2,20,21,23)/t12-/m0/s1. The van der Waals surface area contributed by atoms with Crippen LogP contribution in [0.15, 0.2) is 42.5 Å². The predicted octanol–water partition coefficient (Wildman–Crippen LogP) is 4.03. The Morgan fingerprint density at radius 1 is 1.17 bits per heavy atom. The number of halogens is 2. The molecule has 0 aromatic heterocycles. The largest absolute Gasteiger partial charge is 0.491 e. The van der Waals surface area contributed by atoms with Gasteiger partial charge in [-0.2, -0.15) is 0 Å². The first-order chi connectivity index (χ1) is 10.9. The van der Waals surface area contributed by atoms with Crippen molar-refractivity contribution in [3.05, 3.63) is 59.7 Å². The summed E-state index contributed by atoms with van der Waals surface area (Å²) in [5, 5.41) is 5.93. The summed E-state index contributed by atoms with van der Waals surface area (Å²) in [4.78, 5) is 0. The van der Waals surface area contributed by atoms with Gasteiger partial charge in [0.15, 0.2) is 5.11 Å². The minimum atomic E-state index is -0.697. The smallest absolute Gasteiger partial charge is 0.171 e. The summed E-state index contributed by atoms with van der Waals surface area (Å²) in [6.07, 6.45) is 0. The van der Waals surface area contributed by atoms with Gasteiger partial charge in [0.1, 0.15) is 24.0 Å². The number of nitrogens with one attached hydrogen (secondary N) is 2. The SMILES string of the molecule is Cc1ccc(OC[C@H](C)NC(=S)Nc2ccc(F)cc2F)cc1. The van der Waals surface area contributed by atoms with E-state index in [1.54, 1.807) is 0 Å². The van der Waals surface area contributed by atoms with Gasteiger partial charge in [0.25, 0.3) is 0 Å². The van der Waals surface area contributed by atoms with Gasteiger partial charge < -0.3 is 15.4 Å². The second-order valence-corrected chi connectivity index (χ2v) is 5.66. The first-order valence-corrected chi connectivity index (χ1v) is 7.57. The van der Waals surface area contributed by atoms with Crippen LogP contribution in [0.25, 0.3) is 0 Å². The molecule has 2 N–H and O–H groups in total. The van der Waals surface area contributed by atoms with Crippen molar-refractivity contribution >= 4 is 23.0 Å². The highest BCUT2D eigenvalue weighted by Crippen LogP contribution is 2.15. The molecule has 0 amide bonds. The van der Waals surface area contributed by atoms with Crippen molar-refractivity contribution in [1.29, 1.82) is 0 Å². The molecule has 0 unspecified atom stereocenters. The minimum Gasteiger partial charge on any atom is -0.491 e. The molecule has 1 atom stereocenters. The Morgan fingerprint density at radius 2 is 1.87 bits per heavy atom. The molecule has 3 nitrogen and oxygen atoms in total. The highest BCUT2D eigenvalue weighted by molar-refractivity contribution is 7.80. The van der Waals surface area contributed by atoms with Crippen LogP contribution < -0.4 is 15.4 Å². The number of ether oxygens (including phenoxy) is 1.